The molecule has 1 aromatic rings. The average Bonchev–Trinajstić information content (AvgIpc) is 2.30. The minimum atomic E-state index is -2.82. The van der Waals surface area contributed by atoms with E-state index in [-0.39, 0.29) is 28.6 Å². The highest BCUT2D eigenvalue weighted by Gasteiger charge is 2.21. The standard InChI is InChI=1S/C12H10BrF2NO2/c1-2-18-10(17)5-7-3-4-9(13)8(6-16)11(7)12(14)15/h3-4,12H,2,5H2,1H3. The fourth-order valence-corrected chi connectivity index (χ4v) is 1.96. The maximum absolute atomic E-state index is 13.0. The lowest BCUT2D eigenvalue weighted by Crippen LogP contribution is -2.10. The maximum atomic E-state index is 13.0. The molecule has 0 heterocycles. The Kier molecular flexibility index (Phi) is 5.23. The summed E-state index contributed by atoms with van der Waals surface area (Å²) in [5.74, 6) is -0.592. The van der Waals surface area contributed by atoms with Crippen LogP contribution in [0.4, 0.5) is 8.78 Å². The molecular weight excluding hydrogens is 308 g/mol. The number of benzene rings is 1. The van der Waals surface area contributed by atoms with Gasteiger partial charge >= 0.3 is 5.97 Å². The smallest absolute Gasteiger partial charge is 0.310 e. The van der Waals surface area contributed by atoms with Crippen molar-refractivity contribution in [3.8, 4) is 6.07 Å². The highest BCUT2D eigenvalue weighted by atomic mass is 79.9. The summed E-state index contributed by atoms with van der Waals surface area (Å²) < 4.78 is 30.9. The molecule has 3 nitrogen and oxygen atoms in total. The minimum Gasteiger partial charge on any atom is -0.466 e. The van der Waals surface area contributed by atoms with Crippen LogP contribution >= 0.6 is 15.9 Å². The van der Waals surface area contributed by atoms with Crippen LogP contribution in [-0.2, 0) is 16.0 Å². The van der Waals surface area contributed by atoms with Crippen LogP contribution < -0.4 is 0 Å². The van der Waals surface area contributed by atoms with Gasteiger partial charge in [0.25, 0.3) is 6.43 Å². The van der Waals surface area contributed by atoms with E-state index in [2.05, 4.69) is 15.9 Å². The van der Waals surface area contributed by atoms with E-state index in [9.17, 15) is 13.6 Å². The van der Waals surface area contributed by atoms with Crippen LogP contribution in [0, 0.1) is 11.3 Å². The van der Waals surface area contributed by atoms with Crippen molar-refractivity contribution in [3.63, 3.8) is 0 Å². The number of ether oxygens (including phenoxy) is 1. The molecule has 96 valence electrons. The van der Waals surface area contributed by atoms with Gasteiger partial charge in [0.05, 0.1) is 18.6 Å². The number of alkyl halides is 2. The SMILES string of the molecule is CCOC(=O)Cc1ccc(Br)c(C#N)c1C(F)F. The van der Waals surface area contributed by atoms with Crippen molar-refractivity contribution >= 4 is 21.9 Å². The number of hydrogen-bond acceptors (Lipinski definition) is 3. The molecule has 0 bridgehead atoms. The molecule has 1 aromatic carbocycles. The molecule has 0 fully saturated rings. The normalized spacial score (nSPS) is 10.2. The van der Waals surface area contributed by atoms with Gasteiger partial charge in [-0.1, -0.05) is 6.07 Å². The van der Waals surface area contributed by atoms with Crippen LogP contribution in [0.15, 0.2) is 16.6 Å². The summed E-state index contributed by atoms with van der Waals surface area (Å²) in [6.45, 7) is 1.82. The molecular formula is C12H10BrF2NO2. The number of halogens is 3. The maximum Gasteiger partial charge on any atom is 0.310 e. The van der Waals surface area contributed by atoms with Gasteiger partial charge in [-0.2, -0.15) is 5.26 Å². The van der Waals surface area contributed by atoms with E-state index in [0.29, 0.717) is 0 Å². The Morgan fingerprint density at radius 3 is 2.72 bits per heavy atom. The van der Waals surface area contributed by atoms with Gasteiger partial charge in [-0.15, -0.1) is 0 Å². The number of carbonyl (C=O) groups is 1. The van der Waals surface area contributed by atoms with Crippen LogP contribution in [0.3, 0.4) is 0 Å². The van der Waals surface area contributed by atoms with E-state index < -0.39 is 18.0 Å². The van der Waals surface area contributed by atoms with Crippen molar-refractivity contribution < 1.29 is 18.3 Å². The molecule has 0 atom stereocenters. The lowest BCUT2D eigenvalue weighted by atomic mass is 9.99. The molecule has 0 N–H and O–H groups in total. The fourth-order valence-electron chi connectivity index (χ4n) is 1.52. The van der Waals surface area contributed by atoms with Crippen LogP contribution in [0.1, 0.15) is 30.0 Å². The molecule has 0 aliphatic rings. The summed E-state index contributed by atoms with van der Waals surface area (Å²) in [5, 5.41) is 8.88. The van der Waals surface area contributed by atoms with Gasteiger partial charge in [0, 0.05) is 10.0 Å². The third-order valence-electron chi connectivity index (χ3n) is 2.26. The molecule has 0 radical (unpaired) electrons. The Bertz CT molecular complexity index is 498. The second-order valence-corrected chi connectivity index (χ2v) is 4.24. The molecule has 0 spiro atoms. The Labute approximate surface area is 111 Å². The fraction of sp³-hybridized carbons (Fsp3) is 0.333. The average molecular weight is 318 g/mol. The van der Waals surface area contributed by atoms with Crippen LogP contribution in [0.5, 0.6) is 0 Å². The van der Waals surface area contributed by atoms with Gasteiger partial charge in [0.15, 0.2) is 0 Å². The largest absolute Gasteiger partial charge is 0.466 e. The number of carbonyl (C=O) groups excluding carboxylic acids is 1. The van der Waals surface area contributed by atoms with Crippen molar-refractivity contribution in [2.75, 3.05) is 6.61 Å². The van der Waals surface area contributed by atoms with Gasteiger partial charge < -0.3 is 4.74 Å². The predicted octanol–water partition coefficient (Wildman–Crippen LogP) is 3.36. The summed E-state index contributed by atoms with van der Waals surface area (Å²) >= 11 is 3.03. The van der Waals surface area contributed by atoms with Gasteiger partial charge in [0.2, 0.25) is 0 Å². The molecule has 18 heavy (non-hydrogen) atoms. The summed E-state index contributed by atoms with van der Waals surface area (Å²) in [6.07, 6.45) is -3.09. The molecule has 0 saturated carbocycles. The third kappa shape index (κ3) is 3.26. The van der Waals surface area contributed by atoms with Crippen molar-refractivity contribution in [3.05, 3.63) is 33.3 Å². The first-order chi connectivity index (χ1) is 8.51. The summed E-state index contributed by atoms with van der Waals surface area (Å²) in [6, 6.07) is 4.58. The zero-order valence-electron chi connectivity index (χ0n) is 9.54. The van der Waals surface area contributed by atoms with E-state index >= 15 is 0 Å². The van der Waals surface area contributed by atoms with Gasteiger partial charge in [-0.25, -0.2) is 8.78 Å². The topological polar surface area (TPSA) is 50.1 Å². The van der Waals surface area contributed by atoms with Gasteiger partial charge in [-0.3, -0.25) is 4.79 Å². The molecule has 0 aromatic heterocycles. The quantitative estimate of drug-likeness (QED) is 0.800. The van der Waals surface area contributed by atoms with Crippen molar-refractivity contribution in [1.29, 1.82) is 5.26 Å². The van der Waals surface area contributed by atoms with E-state index in [1.807, 2.05) is 0 Å². The van der Waals surface area contributed by atoms with Crippen molar-refractivity contribution in [2.24, 2.45) is 0 Å². The van der Waals surface area contributed by atoms with E-state index in [1.54, 1.807) is 13.0 Å². The van der Waals surface area contributed by atoms with Gasteiger partial charge in [0.1, 0.15) is 6.07 Å². The van der Waals surface area contributed by atoms with Crippen LogP contribution in [0.25, 0.3) is 0 Å². The Morgan fingerprint density at radius 2 is 2.22 bits per heavy atom. The number of rotatable bonds is 4. The first-order valence-electron chi connectivity index (χ1n) is 5.16. The van der Waals surface area contributed by atoms with E-state index in [4.69, 9.17) is 10.00 Å². The molecule has 0 amide bonds. The minimum absolute atomic E-state index is 0.114. The predicted molar refractivity (Wildman–Crippen MR) is 64.2 cm³/mol. The molecule has 6 heteroatoms. The van der Waals surface area contributed by atoms with Crippen LogP contribution in [-0.4, -0.2) is 12.6 Å². The highest BCUT2D eigenvalue weighted by Crippen LogP contribution is 2.31. The highest BCUT2D eigenvalue weighted by molar-refractivity contribution is 9.10. The van der Waals surface area contributed by atoms with Crippen molar-refractivity contribution in [1.82, 2.24) is 0 Å². The van der Waals surface area contributed by atoms with Crippen LogP contribution in [0.2, 0.25) is 0 Å². The second-order valence-electron chi connectivity index (χ2n) is 3.39. The molecule has 0 saturated heterocycles. The first-order valence-corrected chi connectivity index (χ1v) is 5.95. The van der Waals surface area contributed by atoms with Crippen molar-refractivity contribution in [2.45, 2.75) is 19.8 Å². The van der Waals surface area contributed by atoms with E-state index in [1.165, 1.54) is 12.1 Å². The van der Waals surface area contributed by atoms with Gasteiger partial charge in [-0.05, 0) is 34.5 Å². The molecule has 0 aliphatic heterocycles. The third-order valence-corrected chi connectivity index (χ3v) is 2.92. The summed E-state index contributed by atoms with van der Waals surface area (Å²) in [4.78, 5) is 11.3. The summed E-state index contributed by atoms with van der Waals surface area (Å²) in [7, 11) is 0. The summed E-state index contributed by atoms with van der Waals surface area (Å²) in [5.41, 5.74) is -0.449. The number of esters is 1. The monoisotopic (exact) mass is 317 g/mol. The lowest BCUT2D eigenvalue weighted by Gasteiger charge is -2.11. The molecule has 0 unspecified atom stereocenters. The van der Waals surface area contributed by atoms with E-state index in [0.717, 1.165) is 0 Å². The zero-order chi connectivity index (χ0) is 13.7. The lowest BCUT2D eigenvalue weighted by molar-refractivity contribution is -0.142. The Balaban J connectivity index is 3.20. The second kappa shape index (κ2) is 6.45. The molecule has 1 rings (SSSR count). The number of nitriles is 1. The number of hydrogen-bond donors (Lipinski definition) is 0. The zero-order valence-corrected chi connectivity index (χ0v) is 11.1. The number of nitrogens with zero attached hydrogens (tertiary/aromatic N) is 1. The first kappa shape index (κ1) is 14.6. The molecule has 0 aliphatic carbocycles. The Morgan fingerprint density at radius 1 is 1.56 bits per heavy atom. The Hall–Kier alpha value is -1.48.